The van der Waals surface area contributed by atoms with Gasteiger partial charge in [0.2, 0.25) is 0 Å². The molecule has 0 saturated heterocycles. The van der Waals surface area contributed by atoms with Gasteiger partial charge in [-0.25, -0.2) is 0 Å². The molecular weight excluding hydrogens is 1420 g/mol. The van der Waals surface area contributed by atoms with Crippen molar-refractivity contribution < 1.29 is 128 Å². The van der Waals surface area contributed by atoms with Crippen LogP contribution in [0, 0.1) is 0 Å². The van der Waals surface area contributed by atoms with Gasteiger partial charge in [0.25, 0.3) is 0 Å². The van der Waals surface area contributed by atoms with Gasteiger partial charge in [0.15, 0.2) is 23.1 Å². The van der Waals surface area contributed by atoms with Crippen LogP contribution < -0.4 is 51.1 Å². The second-order valence-corrected chi connectivity index (χ2v) is 22.0. The average Bonchev–Trinajstić information content (AvgIpc) is 0.831. The fraction of sp³-hybridized carbons (Fsp3) is 0.250. The lowest BCUT2D eigenvalue weighted by Gasteiger charge is -2.13. The van der Waals surface area contributed by atoms with Crippen molar-refractivity contribution in [2.75, 3.05) is 0 Å². The van der Waals surface area contributed by atoms with Crippen molar-refractivity contribution >= 4 is 88.8 Å². The van der Waals surface area contributed by atoms with Gasteiger partial charge in [0.05, 0.1) is 6.42 Å². The number of ketones is 4. The molecule has 8 aromatic rings. The zero-order valence-corrected chi connectivity index (χ0v) is 52.2. The van der Waals surface area contributed by atoms with E-state index < -0.39 is 129 Å². The van der Waals surface area contributed by atoms with E-state index in [1.165, 1.54) is 115 Å². The highest BCUT2D eigenvalue weighted by molar-refractivity contribution is 6.11. The number of hydrogen-bond donors (Lipinski definition) is 1. The second kappa shape index (κ2) is 51.7. The normalized spacial score (nSPS) is 9.35. The maximum Gasteiger partial charge on any atom is 0.307 e. The number of carbonyl (C=O) groups excluding carboxylic acids is 14. The monoisotopic (exact) mass is 1520 g/mol. The van der Waals surface area contributed by atoms with Crippen molar-refractivity contribution in [2.24, 2.45) is 0 Å². The summed E-state index contributed by atoms with van der Waals surface area (Å²) >= 11 is 0. The molecule has 594 valence electrons. The van der Waals surface area contributed by atoms with E-state index >= 15 is 0 Å². The molecule has 8 rings (SSSR count). The van der Waals surface area contributed by atoms with Gasteiger partial charge in [-0.1, -0.05) is 183 Å². The van der Waals surface area contributed by atoms with Crippen molar-refractivity contribution in [1.82, 2.24) is 0 Å². The lowest BCUT2D eigenvalue weighted by atomic mass is 9.93. The van der Waals surface area contributed by atoms with Crippen LogP contribution in [0.3, 0.4) is 0 Å². The number of aliphatic carboxylic acids is 11. The fourth-order valence-corrected chi connectivity index (χ4v) is 10.00. The second-order valence-electron chi connectivity index (χ2n) is 22.0. The van der Waals surface area contributed by atoms with E-state index in [9.17, 15) is 123 Å². The first-order chi connectivity index (χ1) is 47.2. The highest BCUT2D eigenvalue weighted by Crippen LogP contribution is 2.23. The summed E-state index contributed by atoms with van der Waals surface area (Å²) in [5.41, 5.74) is 4.22. The summed E-state index contributed by atoms with van der Waals surface area (Å²) in [7, 11) is 0. The Kier molecular flexibility index (Phi) is 50.6. The summed E-state index contributed by atoms with van der Waals surface area (Å²) in [6.07, 6.45) is -5.03. The lowest BCUT2D eigenvalue weighted by molar-refractivity contribution is -0.306. The average molecular weight is 1520 g/mol. The molecule has 0 bridgehead atoms. The third-order valence-corrected chi connectivity index (χ3v) is 13.7. The topological polar surface area (TPSA) is 507 Å². The Morgan fingerprint density at radius 1 is 0.182 bits per heavy atom. The molecule has 110 heavy (non-hydrogen) atoms. The smallest absolute Gasteiger partial charge is 0.307 e. The minimum absolute atomic E-state index is 0. The molecule has 26 nitrogen and oxygen atoms in total. The summed E-state index contributed by atoms with van der Waals surface area (Å²) in [5, 5.41) is 117. The molecule has 8 aromatic carbocycles. The Labute approximate surface area is 640 Å². The number of carboxylic acids is 11. The first kappa shape index (κ1) is 108. The number of rotatable bonds is 30. The molecule has 0 aliphatic carbocycles. The maximum atomic E-state index is 12.9. The van der Waals surface area contributed by atoms with E-state index in [1.54, 1.807) is 60.7 Å². The molecule has 0 aliphatic heterocycles. The number of hydrogen-bond acceptors (Lipinski definition) is 25. The van der Waals surface area contributed by atoms with Crippen LogP contribution in [0.15, 0.2) is 176 Å². The van der Waals surface area contributed by atoms with Crippen molar-refractivity contribution in [2.45, 2.75) is 145 Å². The van der Waals surface area contributed by atoms with Crippen LogP contribution in [0.25, 0.3) is 0 Å². The molecule has 1 N–H and O–H groups in total. The highest BCUT2D eigenvalue weighted by atomic mass is 16.4. The minimum atomic E-state index is -1.44. The lowest BCUT2D eigenvalue weighted by Crippen LogP contribution is -2.26. The number of carboxylic acid groups (broad SMARTS) is 11. The summed E-state index contributed by atoms with van der Waals surface area (Å²) < 4.78 is 0. The Bertz CT molecular complexity index is 4110. The first-order valence-corrected chi connectivity index (χ1v) is 29.4. The van der Waals surface area contributed by atoms with Gasteiger partial charge in [-0.05, 0) is 128 Å². The van der Waals surface area contributed by atoms with E-state index in [1.807, 2.05) is 0 Å². The summed E-state index contributed by atoms with van der Waals surface area (Å²) in [4.78, 5) is 169. The van der Waals surface area contributed by atoms with Crippen LogP contribution in [-0.2, 0) is 123 Å². The molecule has 0 heterocycles. The van der Waals surface area contributed by atoms with Gasteiger partial charge in [-0.3, -0.25) is 24.0 Å². The summed E-state index contributed by atoms with van der Waals surface area (Å²) in [6.45, 7) is 0. The van der Waals surface area contributed by atoms with Crippen LogP contribution in [-0.4, -0.2) is 93.9 Å². The van der Waals surface area contributed by atoms with E-state index in [0.29, 0.717) is 38.9 Å². The van der Waals surface area contributed by atoms with Crippen molar-refractivity contribution in [3.8, 4) is 0 Å². The van der Waals surface area contributed by atoms with E-state index in [4.69, 9.17) is 5.11 Å². The fourth-order valence-electron chi connectivity index (χ4n) is 10.00. The number of benzene rings is 8. The molecule has 0 saturated carbocycles. The molecule has 0 aliphatic rings. The molecule has 0 unspecified atom stereocenters. The molecular formula is C84H92O26-10. The quantitative estimate of drug-likeness (QED) is 0.0602. The van der Waals surface area contributed by atoms with Crippen LogP contribution in [0.5, 0.6) is 0 Å². The van der Waals surface area contributed by atoms with E-state index in [0.717, 1.165) is 0 Å². The van der Waals surface area contributed by atoms with E-state index in [-0.39, 0.29) is 172 Å². The van der Waals surface area contributed by atoms with Gasteiger partial charge in [-0.2, -0.15) is 0 Å². The van der Waals surface area contributed by atoms with Crippen molar-refractivity contribution in [3.05, 3.63) is 282 Å². The minimum Gasteiger partial charge on any atom is -0.550 e. The molecule has 0 amide bonds. The van der Waals surface area contributed by atoms with Crippen LogP contribution in [0.2, 0.25) is 0 Å². The van der Waals surface area contributed by atoms with Gasteiger partial charge in [0, 0.05) is 168 Å². The largest absolute Gasteiger partial charge is 0.550 e. The van der Waals surface area contributed by atoms with Gasteiger partial charge in [-0.15, -0.1) is 0 Å². The Morgan fingerprint density at radius 2 is 0.336 bits per heavy atom. The van der Waals surface area contributed by atoms with Crippen LogP contribution in [0.1, 0.15) is 199 Å². The summed E-state index contributed by atoms with van der Waals surface area (Å²) in [5.74, 6) is -16.5. The Balaban J connectivity index is -0.000000320. The molecule has 26 heteroatoms. The van der Waals surface area contributed by atoms with Crippen molar-refractivity contribution in [1.29, 1.82) is 0 Å². The Hall–Kier alpha value is -13.4. The Morgan fingerprint density at radius 3 is 0.527 bits per heavy atom. The van der Waals surface area contributed by atoms with Gasteiger partial charge in [0.1, 0.15) is 0 Å². The predicted octanol–water partition coefficient (Wildman–Crippen LogP) is 0.582. The standard InChI is InChI=1S/C21H18O9.C19H16O7.2C17H14O5.10CH4/c22-17(23)7-11-1-12(8-18(24)25)4-15(3-11)21(30)16-5-13(9-19(26)27)2-14(6-16)10-20(28)29;20-16(21)8-11-2-1-3-14(5-11)19(26)15-6-12(9-17(22)23)4-13(7-15)10-18(24)25;2*18-15(19)9-11-6-12(10-16(20)21)8-14(7-11)17(22)13-4-2-1-3-5-13;;;;;;;;;;/h1-6H,7-10H2,(H,22,23)(H,24,25)(H,26,27)(H,28,29);1-7H,8-10H2,(H,20,21)(H,22,23)(H,24,25);2*1-8H,9-10H2,(H,18,19)(H,20,21);10*1H4/p-10. The summed E-state index contributed by atoms with van der Waals surface area (Å²) in [6, 6.07) is 43.1. The third kappa shape index (κ3) is 37.5. The molecule has 0 spiro atoms. The number of carbonyl (C=O) groups is 15. The molecule has 0 radical (unpaired) electrons. The van der Waals surface area contributed by atoms with Gasteiger partial charge >= 0.3 is 5.97 Å². The van der Waals surface area contributed by atoms with Crippen molar-refractivity contribution in [3.63, 3.8) is 0 Å². The molecule has 0 fully saturated rings. The SMILES string of the molecule is C.C.C.C.C.C.C.C.C.C.O=C([O-])Cc1cc(CC(=O)O)cc(C(=O)c2ccccc2)c1.O=C([O-])Cc1cc(CC(=O)[O-])cc(C(=O)c2cc(CC(=O)[O-])cc(CC(=O)[O-])c2)c1.O=C([O-])Cc1cc(CC(=O)[O-])cc(C(=O)c2ccccc2)c1.O=C([O-])Cc1cccc(C(=O)c2cc(CC(=O)[O-])cc(CC(=O)[O-])c2)c1. The predicted molar refractivity (Wildman–Crippen MR) is 391 cm³/mol. The first-order valence-electron chi connectivity index (χ1n) is 29.4. The maximum absolute atomic E-state index is 12.9. The zero-order valence-electron chi connectivity index (χ0n) is 52.2. The van der Waals surface area contributed by atoms with Crippen LogP contribution in [0.4, 0.5) is 0 Å². The third-order valence-electron chi connectivity index (χ3n) is 13.7. The molecule has 0 atom stereocenters. The highest BCUT2D eigenvalue weighted by Gasteiger charge is 2.18. The molecule has 0 aromatic heterocycles. The zero-order chi connectivity index (χ0) is 73.9. The van der Waals surface area contributed by atoms with Gasteiger partial charge < -0.3 is 104 Å². The van der Waals surface area contributed by atoms with Crippen LogP contribution >= 0.6 is 0 Å². The van der Waals surface area contributed by atoms with E-state index in [2.05, 4.69) is 0 Å².